The number of benzene rings is 3. The first-order chi connectivity index (χ1) is 39.3. The van der Waals surface area contributed by atoms with Crippen LogP contribution in [-0.2, 0) is 49.7 Å². The number of hydrazine groups is 2. The molecule has 2 fully saturated rings. The number of methoxy groups -OCH3 is 2. The highest BCUT2D eigenvalue weighted by molar-refractivity contribution is 7.99. The Morgan fingerprint density at radius 3 is 1.75 bits per heavy atom. The maximum atomic E-state index is 13.3. The number of thioether (sulfide) groups is 1. The number of pyridine rings is 1. The number of nitrogens with one attached hydrogen (secondary N) is 10. The van der Waals surface area contributed by atoms with Crippen LogP contribution in [0.3, 0.4) is 0 Å². The van der Waals surface area contributed by atoms with Gasteiger partial charge in [0.1, 0.15) is 17.1 Å². The molecule has 3 heterocycles. The molecule has 25 nitrogen and oxygen atoms in total. The molecular weight excluding hydrogens is 1070 g/mol. The number of ether oxygens (including phenoxy) is 4. The largest absolute Gasteiger partial charge is 0.494 e. The van der Waals surface area contributed by atoms with Crippen molar-refractivity contribution in [2.75, 3.05) is 139 Å². The number of hydrogen-bond donors (Lipinski definition) is 10. The molecule has 3 aromatic carbocycles. The van der Waals surface area contributed by atoms with Crippen LogP contribution in [0.2, 0.25) is 0 Å². The predicted molar refractivity (Wildman–Crippen MR) is 305 cm³/mol. The van der Waals surface area contributed by atoms with Crippen molar-refractivity contribution in [1.82, 2.24) is 42.1 Å². The highest BCUT2D eigenvalue weighted by Gasteiger charge is 2.25. The summed E-state index contributed by atoms with van der Waals surface area (Å²) in [4.78, 5) is 99.4. The smallest absolute Gasteiger partial charge is 0.327 e. The van der Waals surface area contributed by atoms with E-state index in [0.29, 0.717) is 117 Å². The molecular formula is C55H76N13O12S+. The molecule has 0 aliphatic carbocycles. The minimum Gasteiger partial charge on any atom is -0.494 e. The molecule has 2 aliphatic heterocycles. The van der Waals surface area contributed by atoms with Gasteiger partial charge in [0.05, 0.1) is 64.5 Å². The number of morpholine rings is 2. The Hall–Kier alpha value is -7.59. The fraction of sp³-hybridized carbons (Fsp3) is 0.455. The maximum absolute atomic E-state index is 13.3. The number of carbonyl (C=O) groups is 7. The van der Waals surface area contributed by atoms with Gasteiger partial charge in [0, 0.05) is 100 Å². The van der Waals surface area contributed by atoms with Crippen LogP contribution in [0.5, 0.6) is 11.5 Å². The molecule has 438 valence electrons. The van der Waals surface area contributed by atoms with Crippen molar-refractivity contribution in [3.8, 4) is 11.5 Å². The van der Waals surface area contributed by atoms with E-state index in [1.165, 1.54) is 14.2 Å². The van der Waals surface area contributed by atoms with E-state index in [1.54, 1.807) is 91.1 Å². The van der Waals surface area contributed by atoms with Crippen LogP contribution in [0.4, 0.5) is 22.7 Å². The van der Waals surface area contributed by atoms with Gasteiger partial charge < -0.3 is 45.5 Å². The Balaban J connectivity index is 0.825. The molecule has 2 atom stereocenters. The summed E-state index contributed by atoms with van der Waals surface area (Å²) >= 11 is 1.63. The lowest BCUT2D eigenvalue weighted by Gasteiger charge is -2.26. The van der Waals surface area contributed by atoms with Gasteiger partial charge in [0.15, 0.2) is 12.4 Å². The molecule has 81 heavy (non-hydrogen) atoms. The average molecular weight is 1140 g/mol. The molecule has 0 radical (unpaired) electrons. The van der Waals surface area contributed by atoms with Crippen LogP contribution in [0.15, 0.2) is 85.2 Å². The van der Waals surface area contributed by atoms with Crippen molar-refractivity contribution >= 4 is 75.9 Å². The van der Waals surface area contributed by atoms with E-state index in [1.807, 2.05) is 24.3 Å². The van der Waals surface area contributed by atoms with Gasteiger partial charge in [-0.05, 0) is 74.3 Å². The van der Waals surface area contributed by atoms with Gasteiger partial charge in [-0.15, -0.1) is 0 Å². The van der Waals surface area contributed by atoms with E-state index in [-0.39, 0.29) is 24.3 Å². The number of aromatic nitrogens is 1. The fourth-order valence-corrected chi connectivity index (χ4v) is 8.97. The number of amides is 7. The zero-order valence-corrected chi connectivity index (χ0v) is 47.1. The standard InChI is InChI=1S/C55H75N13O12S/c1-38(49(69)60-43-12-14-45(47(34-43)76-3)62-64-54(74)52(72)56-16-7-20-66-23-27-78-28-24-66)41-10-5-9-40(33-41)37-80-59-19-32-81-31-18-58-51(71)42-11-6-22-68(36-42)39(2)50(70)61-44-13-15-46(48(35-44)77-4)63-65-55(75)53(73)57-17-8-21-67-25-29-79-30-26-67/h5-6,9-15,22,33-36,38-39,59H,7-8,16-21,23-32,37H2,1-4H3,(H8-,56,57,58,60,61,62,63,64,65,69,70,71,72,73,74,75)/p+1. The third-order valence-electron chi connectivity index (χ3n) is 13.0. The first kappa shape index (κ1) is 62.6. The quantitative estimate of drug-likeness (QED) is 0.0154. The highest BCUT2D eigenvalue weighted by atomic mass is 32.2. The number of hydroxylamine groups is 1. The van der Waals surface area contributed by atoms with Crippen molar-refractivity contribution in [3.05, 3.63) is 102 Å². The van der Waals surface area contributed by atoms with E-state index in [2.05, 4.69) is 63.6 Å². The van der Waals surface area contributed by atoms with Crippen LogP contribution in [0.25, 0.3) is 0 Å². The summed E-state index contributed by atoms with van der Waals surface area (Å²) in [7, 11) is 2.89. The molecule has 0 spiro atoms. The Morgan fingerprint density at radius 1 is 0.630 bits per heavy atom. The number of hydrogen-bond acceptors (Lipinski definition) is 18. The van der Waals surface area contributed by atoms with Crippen molar-refractivity contribution in [2.24, 2.45) is 0 Å². The van der Waals surface area contributed by atoms with Crippen LogP contribution in [0, 0.1) is 0 Å². The van der Waals surface area contributed by atoms with Crippen LogP contribution >= 0.6 is 11.8 Å². The normalized spacial score (nSPS) is 14.3. The molecule has 26 heteroatoms. The van der Waals surface area contributed by atoms with E-state index >= 15 is 0 Å². The molecule has 6 rings (SSSR count). The van der Waals surface area contributed by atoms with E-state index in [0.717, 1.165) is 50.4 Å². The average Bonchev–Trinajstić information content (AvgIpc) is 3.49. The van der Waals surface area contributed by atoms with Gasteiger partial charge in [0.25, 0.3) is 11.8 Å². The predicted octanol–water partition coefficient (Wildman–Crippen LogP) is 1.68. The lowest BCUT2D eigenvalue weighted by molar-refractivity contribution is -0.705. The van der Waals surface area contributed by atoms with Gasteiger partial charge in [-0.3, -0.25) is 69.9 Å². The first-order valence-corrected chi connectivity index (χ1v) is 28.0. The van der Waals surface area contributed by atoms with Crippen LogP contribution < -0.4 is 67.8 Å². The van der Waals surface area contributed by atoms with Gasteiger partial charge in [-0.1, -0.05) is 24.3 Å². The summed E-state index contributed by atoms with van der Waals surface area (Å²) < 4.78 is 23.3. The molecule has 0 bridgehead atoms. The number of anilines is 4. The molecule has 2 aliphatic rings. The van der Waals surface area contributed by atoms with E-state index in [4.69, 9.17) is 23.8 Å². The second kappa shape index (κ2) is 33.9. The van der Waals surface area contributed by atoms with Crippen molar-refractivity contribution in [2.45, 2.75) is 45.3 Å². The third kappa shape index (κ3) is 21.1. The van der Waals surface area contributed by atoms with Gasteiger partial charge in [-0.2, -0.15) is 16.3 Å². The highest BCUT2D eigenvalue weighted by Crippen LogP contribution is 2.29. The third-order valence-corrected chi connectivity index (χ3v) is 14.0. The second-order valence-corrected chi connectivity index (χ2v) is 20.1. The SMILES string of the molecule is COc1cc(NC(=O)C(C)c2cccc(CONCCSCCNC(=O)c3ccc[n+](C(C)C(=O)Nc4ccc(NNC(=O)C(=O)NCCCN5CCOCC5)c(OC)c4)c3)c2)ccc1NNC(=O)C(=O)NCCCN1CCOCC1. The minimum absolute atomic E-state index is 0.249. The van der Waals surface area contributed by atoms with Crippen LogP contribution in [0.1, 0.15) is 60.1 Å². The molecule has 2 unspecified atom stereocenters. The summed E-state index contributed by atoms with van der Waals surface area (Å²) in [6.07, 6.45) is 4.72. The monoisotopic (exact) mass is 1140 g/mol. The molecule has 10 N–H and O–H groups in total. The van der Waals surface area contributed by atoms with Crippen molar-refractivity contribution in [1.29, 1.82) is 0 Å². The lowest BCUT2D eigenvalue weighted by atomic mass is 9.98. The maximum Gasteiger partial charge on any atom is 0.327 e. The lowest BCUT2D eigenvalue weighted by Crippen LogP contribution is -2.45. The number of nitrogens with zero attached hydrogens (tertiary/aromatic N) is 3. The summed E-state index contributed by atoms with van der Waals surface area (Å²) in [5.41, 5.74) is 16.8. The van der Waals surface area contributed by atoms with Crippen molar-refractivity contribution < 1.29 is 61.9 Å². The van der Waals surface area contributed by atoms with Gasteiger partial charge in [-0.25, -0.2) is 5.48 Å². The zero-order chi connectivity index (χ0) is 57.8. The molecule has 2 saturated heterocycles. The van der Waals surface area contributed by atoms with E-state index < -0.39 is 35.6 Å². The fourth-order valence-electron chi connectivity index (χ4n) is 8.29. The Bertz CT molecular complexity index is 2730. The number of rotatable bonds is 30. The number of carbonyl (C=O) groups excluding carboxylic acids is 7. The Kier molecular flexibility index (Phi) is 26.2. The second-order valence-electron chi connectivity index (χ2n) is 18.8. The summed E-state index contributed by atoms with van der Waals surface area (Å²) in [5, 5.41) is 13.9. The first-order valence-electron chi connectivity index (χ1n) is 26.9. The topological polar surface area (TPSA) is 296 Å². The van der Waals surface area contributed by atoms with Crippen molar-refractivity contribution in [3.63, 3.8) is 0 Å². The summed E-state index contributed by atoms with van der Waals surface area (Å²) in [5.74, 6) is -2.65. The zero-order valence-electron chi connectivity index (χ0n) is 46.3. The summed E-state index contributed by atoms with van der Waals surface area (Å²) in [6.45, 7) is 13.2. The van der Waals surface area contributed by atoms with E-state index in [9.17, 15) is 33.6 Å². The Labute approximate surface area is 475 Å². The molecule has 4 aromatic rings. The minimum atomic E-state index is -0.867. The summed E-state index contributed by atoms with van der Waals surface area (Å²) in [6, 6.07) is 19.9. The van der Waals surface area contributed by atoms with Crippen LogP contribution in [-0.4, -0.2) is 169 Å². The molecule has 7 amide bonds. The van der Waals surface area contributed by atoms with Gasteiger partial charge >= 0.3 is 23.6 Å². The molecule has 0 saturated carbocycles. The Morgan fingerprint density at radius 2 is 1.19 bits per heavy atom. The van der Waals surface area contributed by atoms with Gasteiger partial charge in [0.2, 0.25) is 11.9 Å². The molecule has 1 aromatic heterocycles.